The number of halogens is 2. The molecule has 0 spiro atoms. The van der Waals surface area contributed by atoms with E-state index in [9.17, 15) is 13.6 Å². The van der Waals surface area contributed by atoms with E-state index in [1.807, 2.05) is 0 Å². The van der Waals surface area contributed by atoms with Crippen LogP contribution >= 0.6 is 0 Å². The predicted molar refractivity (Wildman–Crippen MR) is 50.5 cm³/mol. The van der Waals surface area contributed by atoms with Gasteiger partial charge in [0.15, 0.2) is 0 Å². The zero-order valence-electron chi connectivity index (χ0n) is 7.71. The average Bonchev–Trinajstić information content (AvgIpc) is 2.15. The zero-order chi connectivity index (χ0) is 11.4. The first-order chi connectivity index (χ1) is 7.00. The van der Waals surface area contributed by atoms with Gasteiger partial charge in [-0.15, -0.1) is 0 Å². The maximum atomic E-state index is 13.0. The third-order valence-corrected chi connectivity index (χ3v) is 1.76. The van der Waals surface area contributed by atoms with E-state index in [2.05, 4.69) is 5.32 Å². The largest absolute Gasteiger partial charge is 0.480 e. The molecule has 0 fully saturated rings. The summed E-state index contributed by atoms with van der Waals surface area (Å²) >= 11 is 0. The maximum Gasteiger partial charge on any atom is 0.322 e. The van der Waals surface area contributed by atoms with E-state index in [0.29, 0.717) is 6.07 Å². The Hall–Kier alpha value is -1.69. The Bertz CT molecular complexity index is 371. The quantitative estimate of drug-likeness (QED) is 0.695. The summed E-state index contributed by atoms with van der Waals surface area (Å²) in [6.45, 7) is -0.127. The summed E-state index contributed by atoms with van der Waals surface area (Å²) in [7, 11) is 0. The van der Waals surface area contributed by atoms with Crippen LogP contribution in [0.15, 0.2) is 18.2 Å². The number of aliphatic carboxylic acids is 1. The Morgan fingerprint density at radius 3 is 2.73 bits per heavy atom. The van der Waals surface area contributed by atoms with Gasteiger partial charge in [-0.05, 0) is 12.1 Å². The minimum absolute atomic E-state index is 0.0214. The monoisotopic (exact) mass is 216 g/mol. The molecule has 0 aliphatic carbocycles. The summed E-state index contributed by atoms with van der Waals surface area (Å²) in [5.74, 6) is -2.67. The van der Waals surface area contributed by atoms with Crippen LogP contribution in [0.2, 0.25) is 0 Å². The van der Waals surface area contributed by atoms with Crippen molar-refractivity contribution in [3.8, 4) is 0 Å². The van der Waals surface area contributed by atoms with Crippen LogP contribution in [0.1, 0.15) is 0 Å². The third kappa shape index (κ3) is 3.17. The molecule has 4 N–H and O–H groups in total. The van der Waals surface area contributed by atoms with Crippen LogP contribution < -0.4 is 11.1 Å². The van der Waals surface area contributed by atoms with Gasteiger partial charge in [-0.2, -0.15) is 0 Å². The van der Waals surface area contributed by atoms with Gasteiger partial charge >= 0.3 is 5.97 Å². The Morgan fingerprint density at radius 2 is 2.20 bits per heavy atom. The molecule has 0 saturated carbocycles. The van der Waals surface area contributed by atoms with Crippen LogP contribution in [-0.2, 0) is 4.79 Å². The van der Waals surface area contributed by atoms with Crippen molar-refractivity contribution in [3.63, 3.8) is 0 Å². The zero-order valence-corrected chi connectivity index (χ0v) is 7.71. The molecule has 1 aromatic rings. The van der Waals surface area contributed by atoms with E-state index < -0.39 is 23.6 Å². The number of carbonyl (C=O) groups is 1. The second-order valence-electron chi connectivity index (χ2n) is 2.95. The summed E-state index contributed by atoms with van der Waals surface area (Å²) in [4.78, 5) is 10.3. The molecule has 6 heteroatoms. The second kappa shape index (κ2) is 4.70. The van der Waals surface area contributed by atoms with Crippen LogP contribution in [0, 0.1) is 11.6 Å². The number of carboxylic acids is 1. The van der Waals surface area contributed by atoms with Crippen molar-refractivity contribution in [2.45, 2.75) is 6.04 Å². The van der Waals surface area contributed by atoms with Gasteiger partial charge in [0.25, 0.3) is 0 Å². The fraction of sp³-hybridized carbons (Fsp3) is 0.222. The SMILES string of the molecule is NC(CNc1ccc(F)cc1F)C(=O)O. The summed E-state index contributed by atoms with van der Waals surface area (Å²) in [5, 5.41) is 10.9. The average molecular weight is 216 g/mol. The first-order valence-corrected chi connectivity index (χ1v) is 4.18. The van der Waals surface area contributed by atoms with Crippen LogP contribution in [-0.4, -0.2) is 23.7 Å². The second-order valence-corrected chi connectivity index (χ2v) is 2.95. The maximum absolute atomic E-state index is 13.0. The fourth-order valence-corrected chi connectivity index (χ4v) is 0.940. The Labute approximate surface area is 84.7 Å². The van der Waals surface area contributed by atoms with E-state index in [1.54, 1.807) is 0 Å². The summed E-state index contributed by atoms with van der Waals surface area (Å²) < 4.78 is 25.5. The van der Waals surface area contributed by atoms with Gasteiger partial charge in [-0.3, -0.25) is 4.79 Å². The number of hydrogen-bond acceptors (Lipinski definition) is 3. The molecular weight excluding hydrogens is 206 g/mol. The van der Waals surface area contributed by atoms with Crippen LogP contribution in [0.5, 0.6) is 0 Å². The summed E-state index contributed by atoms with van der Waals surface area (Å²) in [5.41, 5.74) is 5.21. The molecule has 0 aliphatic rings. The van der Waals surface area contributed by atoms with Crippen molar-refractivity contribution in [1.29, 1.82) is 0 Å². The highest BCUT2D eigenvalue weighted by Crippen LogP contribution is 2.14. The lowest BCUT2D eigenvalue weighted by Gasteiger charge is -2.10. The normalized spacial score (nSPS) is 12.2. The first-order valence-electron chi connectivity index (χ1n) is 4.18. The van der Waals surface area contributed by atoms with E-state index >= 15 is 0 Å². The van der Waals surface area contributed by atoms with Crippen LogP contribution in [0.3, 0.4) is 0 Å². The van der Waals surface area contributed by atoms with Gasteiger partial charge < -0.3 is 16.2 Å². The molecular formula is C9H10F2N2O2. The van der Waals surface area contributed by atoms with Crippen LogP contribution in [0.25, 0.3) is 0 Å². The molecule has 4 nitrogen and oxygen atoms in total. The molecule has 0 heterocycles. The molecule has 0 amide bonds. The molecule has 0 saturated heterocycles. The van der Waals surface area contributed by atoms with Gasteiger partial charge in [0.05, 0.1) is 5.69 Å². The smallest absolute Gasteiger partial charge is 0.322 e. The third-order valence-electron chi connectivity index (χ3n) is 1.76. The number of anilines is 1. The van der Waals surface area contributed by atoms with Crippen molar-refractivity contribution in [3.05, 3.63) is 29.8 Å². The number of nitrogens with one attached hydrogen (secondary N) is 1. The number of nitrogens with two attached hydrogens (primary N) is 1. The number of benzene rings is 1. The highest BCUT2D eigenvalue weighted by atomic mass is 19.1. The van der Waals surface area contributed by atoms with Crippen molar-refractivity contribution in [2.24, 2.45) is 5.73 Å². The van der Waals surface area contributed by atoms with Gasteiger partial charge in [0.1, 0.15) is 17.7 Å². The molecule has 0 bridgehead atoms. The van der Waals surface area contributed by atoms with Gasteiger partial charge in [0, 0.05) is 12.6 Å². The molecule has 1 aromatic carbocycles. The summed E-state index contributed by atoms with van der Waals surface area (Å²) in [6.07, 6.45) is 0. The van der Waals surface area contributed by atoms with Crippen LogP contribution in [0.4, 0.5) is 14.5 Å². The highest BCUT2D eigenvalue weighted by Gasteiger charge is 2.11. The molecule has 1 atom stereocenters. The number of carboxylic acid groups (broad SMARTS) is 1. The molecule has 1 unspecified atom stereocenters. The van der Waals surface area contributed by atoms with E-state index in [-0.39, 0.29) is 12.2 Å². The molecule has 82 valence electrons. The number of rotatable bonds is 4. The van der Waals surface area contributed by atoms with Crippen molar-refractivity contribution >= 4 is 11.7 Å². The van der Waals surface area contributed by atoms with E-state index in [1.165, 1.54) is 6.07 Å². The topological polar surface area (TPSA) is 75.3 Å². The molecule has 1 rings (SSSR count). The lowest BCUT2D eigenvalue weighted by Crippen LogP contribution is -2.37. The minimum Gasteiger partial charge on any atom is -0.480 e. The molecule has 0 aliphatic heterocycles. The minimum atomic E-state index is -1.19. The highest BCUT2D eigenvalue weighted by molar-refractivity contribution is 5.74. The lowest BCUT2D eigenvalue weighted by atomic mass is 10.2. The standard InChI is InChI=1S/C9H10F2N2O2/c10-5-1-2-8(6(11)3-5)13-4-7(12)9(14)15/h1-3,7,13H,4,12H2,(H,14,15). The van der Waals surface area contributed by atoms with Crippen molar-refractivity contribution in [1.82, 2.24) is 0 Å². The lowest BCUT2D eigenvalue weighted by molar-refractivity contribution is -0.138. The molecule has 15 heavy (non-hydrogen) atoms. The van der Waals surface area contributed by atoms with Crippen molar-refractivity contribution < 1.29 is 18.7 Å². The fourth-order valence-electron chi connectivity index (χ4n) is 0.940. The Balaban J connectivity index is 2.62. The Kier molecular flexibility index (Phi) is 3.56. The Morgan fingerprint density at radius 1 is 1.53 bits per heavy atom. The van der Waals surface area contributed by atoms with E-state index in [0.717, 1.165) is 6.07 Å². The van der Waals surface area contributed by atoms with Crippen molar-refractivity contribution in [2.75, 3.05) is 11.9 Å². The molecule has 0 radical (unpaired) electrons. The van der Waals surface area contributed by atoms with Gasteiger partial charge in [0.2, 0.25) is 0 Å². The predicted octanol–water partition coefficient (Wildman–Crippen LogP) is 0.789. The molecule has 0 aromatic heterocycles. The first kappa shape index (κ1) is 11.4. The van der Waals surface area contributed by atoms with Gasteiger partial charge in [-0.25, -0.2) is 8.78 Å². The summed E-state index contributed by atoms with van der Waals surface area (Å²) in [6, 6.07) is 1.82. The van der Waals surface area contributed by atoms with E-state index in [4.69, 9.17) is 10.8 Å². The van der Waals surface area contributed by atoms with Gasteiger partial charge in [-0.1, -0.05) is 0 Å². The number of hydrogen-bond donors (Lipinski definition) is 3.